The van der Waals surface area contributed by atoms with Gasteiger partial charge in [0.15, 0.2) is 0 Å². The molecule has 3 aromatic rings. The molecule has 4 rings (SSSR count). The van der Waals surface area contributed by atoms with Gasteiger partial charge in [-0.25, -0.2) is 4.98 Å². The Morgan fingerprint density at radius 3 is 2.13 bits per heavy atom. The molecule has 0 spiro atoms. The number of allylic oxidation sites excluding steroid dienone is 2. The lowest BCUT2D eigenvalue weighted by Crippen LogP contribution is -2.24. The second-order valence-electron chi connectivity index (χ2n) is 6.41. The first-order chi connectivity index (χ1) is 14.4. The molecule has 0 fully saturated rings. The van der Waals surface area contributed by atoms with Gasteiger partial charge in [-0.2, -0.15) is 0 Å². The van der Waals surface area contributed by atoms with E-state index in [4.69, 9.17) is 23.2 Å². The molecule has 0 atom stereocenters. The normalized spacial score (nSPS) is 13.1. The van der Waals surface area contributed by atoms with Crippen LogP contribution in [0.4, 0.5) is 11.5 Å². The van der Waals surface area contributed by atoms with Gasteiger partial charge in [0.1, 0.15) is 16.5 Å². The molecule has 1 aliphatic rings. The minimum absolute atomic E-state index is 0.00272. The van der Waals surface area contributed by atoms with E-state index in [9.17, 15) is 14.4 Å². The number of amides is 1. The summed E-state index contributed by atoms with van der Waals surface area (Å²) in [4.78, 5) is 41.6. The lowest BCUT2D eigenvalue weighted by Gasteiger charge is -2.19. The van der Waals surface area contributed by atoms with Gasteiger partial charge in [0, 0.05) is 28.6 Å². The van der Waals surface area contributed by atoms with Crippen LogP contribution in [0.2, 0.25) is 5.02 Å². The van der Waals surface area contributed by atoms with E-state index in [1.54, 1.807) is 60.7 Å². The van der Waals surface area contributed by atoms with Gasteiger partial charge in [-0.3, -0.25) is 14.4 Å². The highest BCUT2D eigenvalue weighted by Crippen LogP contribution is 2.29. The summed E-state index contributed by atoms with van der Waals surface area (Å²) in [7, 11) is 0. The summed E-state index contributed by atoms with van der Waals surface area (Å²) in [5, 5.41) is 5.85. The van der Waals surface area contributed by atoms with Crippen LogP contribution >= 0.6 is 23.2 Å². The van der Waals surface area contributed by atoms with Gasteiger partial charge in [0.25, 0.3) is 5.91 Å². The van der Waals surface area contributed by atoms with Crippen molar-refractivity contribution in [2.75, 3.05) is 10.6 Å². The van der Waals surface area contributed by atoms with Crippen LogP contribution in [-0.2, 0) is 0 Å². The molecule has 1 amide bonds. The van der Waals surface area contributed by atoms with Gasteiger partial charge < -0.3 is 10.6 Å². The number of hydrogen-bond acceptors (Lipinski definition) is 5. The largest absolute Gasteiger partial charge is 0.351 e. The number of Topliss-reactive ketones (excluding diaryl/α,β-unsaturated/α-hetero) is 2. The molecule has 30 heavy (non-hydrogen) atoms. The summed E-state index contributed by atoms with van der Waals surface area (Å²) in [6, 6.07) is 16.1. The Balaban J connectivity index is 1.51. The van der Waals surface area contributed by atoms with Crippen molar-refractivity contribution in [2.45, 2.75) is 0 Å². The number of ketones is 2. The standard InChI is InChI=1S/C22H13Cl2N3O3/c23-13-7-10-17(25-11-13)27-22(30)12-5-8-14(9-6-12)26-19-18(24)20(28)15-3-1-2-4-16(15)21(19)29/h1-11,26H,(H,25,27,30). The van der Waals surface area contributed by atoms with Gasteiger partial charge in [0.2, 0.25) is 11.6 Å². The van der Waals surface area contributed by atoms with Gasteiger partial charge >= 0.3 is 0 Å². The zero-order chi connectivity index (χ0) is 21.3. The van der Waals surface area contributed by atoms with Gasteiger partial charge in [-0.1, -0.05) is 47.5 Å². The number of anilines is 2. The van der Waals surface area contributed by atoms with E-state index in [-0.39, 0.29) is 28.0 Å². The van der Waals surface area contributed by atoms with Crippen molar-refractivity contribution in [2.24, 2.45) is 0 Å². The third kappa shape index (κ3) is 3.83. The number of halogens is 2. The summed E-state index contributed by atoms with van der Waals surface area (Å²) < 4.78 is 0. The quantitative estimate of drug-likeness (QED) is 0.603. The molecule has 148 valence electrons. The fourth-order valence-corrected chi connectivity index (χ4v) is 3.29. The fraction of sp³-hybridized carbons (Fsp3) is 0. The molecule has 1 aliphatic carbocycles. The fourth-order valence-electron chi connectivity index (χ4n) is 2.94. The summed E-state index contributed by atoms with van der Waals surface area (Å²) >= 11 is 11.9. The van der Waals surface area contributed by atoms with Crippen LogP contribution in [0.1, 0.15) is 31.1 Å². The number of benzene rings is 2. The average molecular weight is 438 g/mol. The lowest BCUT2D eigenvalue weighted by atomic mass is 9.92. The summed E-state index contributed by atoms with van der Waals surface area (Å²) in [5.74, 6) is -0.772. The summed E-state index contributed by atoms with van der Waals surface area (Å²) in [5.41, 5.74) is 1.46. The van der Waals surface area contributed by atoms with Crippen LogP contribution in [0.3, 0.4) is 0 Å². The number of carbonyl (C=O) groups is 3. The third-order valence-corrected chi connectivity index (χ3v) is 5.03. The van der Waals surface area contributed by atoms with E-state index in [0.29, 0.717) is 27.7 Å². The molecule has 8 heteroatoms. The first-order valence-electron chi connectivity index (χ1n) is 8.82. The zero-order valence-corrected chi connectivity index (χ0v) is 16.8. The van der Waals surface area contributed by atoms with Crippen molar-refractivity contribution < 1.29 is 14.4 Å². The molecule has 0 unspecified atom stereocenters. The SMILES string of the molecule is O=C(Nc1ccc(Cl)cn1)c1ccc(NC2=C(Cl)C(=O)c3ccccc3C2=O)cc1. The van der Waals surface area contributed by atoms with Crippen molar-refractivity contribution in [3.8, 4) is 0 Å². The number of nitrogens with one attached hydrogen (secondary N) is 2. The number of aromatic nitrogens is 1. The Bertz CT molecular complexity index is 1200. The Kier molecular flexibility index (Phi) is 5.35. The Morgan fingerprint density at radius 1 is 0.833 bits per heavy atom. The maximum atomic E-state index is 12.7. The van der Waals surface area contributed by atoms with E-state index >= 15 is 0 Å². The molecule has 2 aromatic carbocycles. The highest BCUT2D eigenvalue weighted by molar-refractivity contribution is 6.50. The van der Waals surface area contributed by atoms with E-state index < -0.39 is 5.78 Å². The average Bonchev–Trinajstić information content (AvgIpc) is 2.77. The molecule has 0 bridgehead atoms. The highest BCUT2D eigenvalue weighted by Gasteiger charge is 2.31. The molecule has 0 saturated heterocycles. The van der Waals surface area contributed by atoms with E-state index in [2.05, 4.69) is 15.6 Å². The first kappa shape index (κ1) is 19.8. The molecular formula is C22H13Cl2N3O3. The highest BCUT2D eigenvalue weighted by atomic mass is 35.5. The van der Waals surface area contributed by atoms with E-state index in [0.717, 1.165) is 0 Å². The Morgan fingerprint density at radius 2 is 1.50 bits per heavy atom. The maximum Gasteiger partial charge on any atom is 0.256 e. The van der Waals surface area contributed by atoms with Crippen molar-refractivity contribution >= 4 is 52.2 Å². The topological polar surface area (TPSA) is 88.2 Å². The molecule has 1 aromatic heterocycles. The van der Waals surface area contributed by atoms with Gasteiger partial charge in [0.05, 0.1) is 5.02 Å². The van der Waals surface area contributed by atoms with Crippen molar-refractivity contribution in [1.29, 1.82) is 0 Å². The summed E-state index contributed by atoms with van der Waals surface area (Å²) in [6.45, 7) is 0. The predicted molar refractivity (Wildman–Crippen MR) is 115 cm³/mol. The van der Waals surface area contributed by atoms with Crippen molar-refractivity contribution in [1.82, 2.24) is 4.98 Å². The summed E-state index contributed by atoms with van der Waals surface area (Å²) in [6.07, 6.45) is 1.43. The number of pyridine rings is 1. The molecule has 0 aliphatic heterocycles. The lowest BCUT2D eigenvalue weighted by molar-refractivity contribution is 0.0982. The Labute approximate surface area is 181 Å². The number of nitrogens with zero attached hydrogens (tertiary/aromatic N) is 1. The van der Waals surface area contributed by atoms with Crippen LogP contribution in [0.25, 0.3) is 0 Å². The predicted octanol–water partition coefficient (Wildman–Crippen LogP) is 4.93. The third-order valence-electron chi connectivity index (χ3n) is 4.45. The van der Waals surface area contributed by atoms with Crippen LogP contribution < -0.4 is 10.6 Å². The van der Waals surface area contributed by atoms with Gasteiger partial charge in [-0.15, -0.1) is 0 Å². The minimum atomic E-state index is -0.416. The van der Waals surface area contributed by atoms with Crippen LogP contribution in [-0.4, -0.2) is 22.5 Å². The molecule has 2 N–H and O–H groups in total. The number of carbonyl (C=O) groups excluding carboxylic acids is 3. The van der Waals surface area contributed by atoms with Gasteiger partial charge in [-0.05, 0) is 36.4 Å². The molecule has 0 saturated carbocycles. The maximum absolute atomic E-state index is 12.7. The Hall–Kier alpha value is -3.48. The smallest absolute Gasteiger partial charge is 0.256 e. The second kappa shape index (κ2) is 8.10. The van der Waals surface area contributed by atoms with E-state index in [1.807, 2.05) is 0 Å². The van der Waals surface area contributed by atoms with Crippen molar-refractivity contribution in [3.63, 3.8) is 0 Å². The number of rotatable bonds is 4. The molecule has 1 heterocycles. The number of hydrogen-bond donors (Lipinski definition) is 2. The number of fused-ring (bicyclic) bond motifs is 1. The molecular weight excluding hydrogens is 425 g/mol. The van der Waals surface area contributed by atoms with E-state index in [1.165, 1.54) is 6.20 Å². The second-order valence-corrected chi connectivity index (χ2v) is 7.23. The monoisotopic (exact) mass is 437 g/mol. The van der Waals surface area contributed by atoms with Crippen LogP contribution in [0.5, 0.6) is 0 Å². The minimum Gasteiger partial charge on any atom is -0.351 e. The first-order valence-corrected chi connectivity index (χ1v) is 9.58. The van der Waals surface area contributed by atoms with Crippen LogP contribution in [0, 0.1) is 0 Å². The zero-order valence-electron chi connectivity index (χ0n) is 15.3. The molecule has 6 nitrogen and oxygen atoms in total. The molecule has 0 radical (unpaired) electrons. The van der Waals surface area contributed by atoms with Crippen LogP contribution in [0.15, 0.2) is 77.6 Å². The van der Waals surface area contributed by atoms with Crippen molar-refractivity contribution in [3.05, 3.63) is 99.3 Å².